The van der Waals surface area contributed by atoms with Crippen molar-refractivity contribution in [2.75, 3.05) is 6.54 Å². The summed E-state index contributed by atoms with van der Waals surface area (Å²) in [5.74, 6) is -0.106. The van der Waals surface area contributed by atoms with Crippen LogP contribution in [0.2, 0.25) is 0 Å². The van der Waals surface area contributed by atoms with Crippen LogP contribution in [-0.2, 0) is 20.4 Å². The second-order valence-corrected chi connectivity index (χ2v) is 13.1. The summed E-state index contributed by atoms with van der Waals surface area (Å²) in [5.41, 5.74) is 3.72. The molecule has 1 aliphatic heterocycles. The monoisotopic (exact) mass is 543 g/mol. The molecule has 1 saturated carbocycles. The molecule has 39 heavy (non-hydrogen) atoms. The molecule has 204 valence electrons. The first-order chi connectivity index (χ1) is 18.7. The van der Waals surface area contributed by atoms with Crippen LogP contribution >= 0.6 is 0 Å². The molecular weight excluding hydrogens is 506 g/mol. The summed E-state index contributed by atoms with van der Waals surface area (Å²) in [4.78, 5) is 13.8. The van der Waals surface area contributed by atoms with Gasteiger partial charge in [-0.05, 0) is 66.7 Å². The molecule has 0 bridgehead atoms. The number of aryl methyl sites for hydroxylation is 1. The maximum Gasteiger partial charge on any atom is 0.339 e. The van der Waals surface area contributed by atoms with Crippen molar-refractivity contribution in [3.63, 3.8) is 0 Å². The zero-order chi connectivity index (χ0) is 27.8. The van der Waals surface area contributed by atoms with Gasteiger partial charge in [0.2, 0.25) is 10.0 Å². The fourth-order valence-electron chi connectivity index (χ4n) is 6.30. The molecule has 0 aromatic heterocycles. The Morgan fingerprint density at radius 2 is 1.59 bits per heavy atom. The molecule has 0 N–H and O–H groups in total. The largest absolute Gasteiger partial charge is 0.446 e. The van der Waals surface area contributed by atoms with Crippen LogP contribution in [0.5, 0.6) is 0 Å². The molecule has 0 spiro atoms. The van der Waals surface area contributed by atoms with Gasteiger partial charge >= 0.3 is 5.97 Å². The van der Waals surface area contributed by atoms with Crippen LogP contribution in [0.25, 0.3) is 0 Å². The number of esters is 1. The molecule has 1 aliphatic carbocycles. The Hall–Kier alpha value is -3.22. The third kappa shape index (κ3) is 4.96. The minimum Gasteiger partial charge on any atom is -0.446 e. The van der Waals surface area contributed by atoms with Crippen molar-refractivity contribution in [1.82, 2.24) is 4.31 Å². The average Bonchev–Trinajstić information content (AvgIpc) is 2.92. The van der Waals surface area contributed by atoms with Gasteiger partial charge in [0.25, 0.3) is 0 Å². The van der Waals surface area contributed by atoms with Gasteiger partial charge in [-0.25, -0.2) is 13.2 Å². The second-order valence-electron chi connectivity index (χ2n) is 11.2. The fraction of sp³-hybridized carbons (Fsp3) is 0.364. The summed E-state index contributed by atoms with van der Waals surface area (Å²) in [7, 11) is -3.72. The van der Waals surface area contributed by atoms with Gasteiger partial charge in [-0.3, -0.25) is 0 Å². The highest BCUT2D eigenvalue weighted by atomic mass is 32.2. The molecule has 5 nitrogen and oxygen atoms in total. The van der Waals surface area contributed by atoms with Crippen molar-refractivity contribution in [2.24, 2.45) is 11.8 Å². The van der Waals surface area contributed by atoms with Crippen LogP contribution in [0.3, 0.4) is 0 Å². The van der Waals surface area contributed by atoms with Crippen LogP contribution < -0.4 is 0 Å². The summed E-state index contributed by atoms with van der Waals surface area (Å²) in [5, 5.41) is 0. The van der Waals surface area contributed by atoms with Crippen LogP contribution in [0.4, 0.5) is 0 Å². The number of hydrogen-bond donors (Lipinski definition) is 0. The van der Waals surface area contributed by atoms with E-state index in [9.17, 15) is 13.2 Å². The van der Waals surface area contributed by atoms with E-state index < -0.39 is 15.6 Å². The third-order valence-corrected chi connectivity index (χ3v) is 9.98. The lowest BCUT2D eigenvalue weighted by molar-refractivity contribution is -0.0567. The summed E-state index contributed by atoms with van der Waals surface area (Å²) in [6, 6.07) is 25.8. The molecule has 0 unspecified atom stereocenters. The van der Waals surface area contributed by atoms with Crippen molar-refractivity contribution >= 4 is 16.0 Å². The van der Waals surface area contributed by atoms with E-state index in [2.05, 4.69) is 20.8 Å². The number of benzene rings is 3. The Balaban J connectivity index is 1.63. The highest BCUT2D eigenvalue weighted by Gasteiger charge is 2.59. The second kappa shape index (κ2) is 10.7. The summed E-state index contributed by atoms with van der Waals surface area (Å²) >= 11 is 0. The highest BCUT2D eigenvalue weighted by Crippen LogP contribution is 2.59. The quantitative estimate of drug-likeness (QED) is 0.229. The lowest BCUT2D eigenvalue weighted by Gasteiger charge is -2.56. The van der Waals surface area contributed by atoms with Crippen molar-refractivity contribution in [1.29, 1.82) is 0 Å². The predicted molar refractivity (Wildman–Crippen MR) is 154 cm³/mol. The number of nitrogens with zero attached hydrogens (tertiary/aromatic N) is 1. The van der Waals surface area contributed by atoms with Crippen molar-refractivity contribution in [2.45, 2.75) is 63.5 Å². The number of fused-ring (bicyclic) bond motifs is 1. The maximum absolute atomic E-state index is 14.0. The van der Waals surface area contributed by atoms with Gasteiger partial charge in [-0.1, -0.05) is 87.0 Å². The van der Waals surface area contributed by atoms with E-state index in [1.165, 1.54) is 0 Å². The first kappa shape index (κ1) is 27.4. The van der Waals surface area contributed by atoms with Gasteiger partial charge in [0.05, 0.1) is 10.5 Å². The van der Waals surface area contributed by atoms with Crippen molar-refractivity contribution < 1.29 is 17.9 Å². The molecule has 0 saturated heterocycles. The fourth-order valence-corrected chi connectivity index (χ4v) is 7.98. The molecule has 1 heterocycles. The lowest BCUT2D eigenvalue weighted by Crippen LogP contribution is -2.59. The van der Waals surface area contributed by atoms with Crippen LogP contribution in [0, 0.1) is 18.8 Å². The predicted octanol–water partition coefficient (Wildman–Crippen LogP) is 6.89. The summed E-state index contributed by atoms with van der Waals surface area (Å²) in [6.07, 6.45) is 1.92. The average molecular weight is 544 g/mol. The van der Waals surface area contributed by atoms with E-state index in [0.29, 0.717) is 36.3 Å². The maximum atomic E-state index is 14.0. The lowest BCUT2D eigenvalue weighted by atomic mass is 9.58. The van der Waals surface area contributed by atoms with Gasteiger partial charge in [-0.15, -0.1) is 0 Å². The zero-order valence-electron chi connectivity index (χ0n) is 23.1. The van der Waals surface area contributed by atoms with Crippen LogP contribution in [0.1, 0.15) is 61.5 Å². The molecule has 3 aromatic carbocycles. The van der Waals surface area contributed by atoms with Gasteiger partial charge in [0.1, 0.15) is 0 Å². The molecule has 3 aromatic rings. The molecule has 5 rings (SSSR count). The Morgan fingerprint density at radius 1 is 0.974 bits per heavy atom. The van der Waals surface area contributed by atoms with E-state index in [4.69, 9.17) is 4.74 Å². The number of ether oxygens (including phenoxy) is 1. The molecule has 0 amide bonds. The SMILES string of the molecule is CCC1=C2[C@H](CN(S(=O)(=O)c3ccc(C)cc3)[C@H]1CC(C)C)C[C@@]2(OC(=O)c1ccccc1)c1ccccc1. The standard InChI is InChI=1S/C33H37NO4S/c1-5-29-30(20-23(2)3)34(39(36,37)28-18-16-24(4)17-19-28)22-26-21-33(31(26)29,27-14-10-7-11-15-27)38-32(35)25-12-8-6-9-13-25/h6-19,23,26,30H,5,20-22H2,1-4H3/t26-,30-,33+/m0/s1. The number of hydrogen-bond acceptors (Lipinski definition) is 4. The first-order valence-corrected chi connectivity index (χ1v) is 15.3. The zero-order valence-corrected chi connectivity index (χ0v) is 23.9. The summed E-state index contributed by atoms with van der Waals surface area (Å²) in [6.45, 7) is 8.67. The normalized spacial score (nSPS) is 23.3. The van der Waals surface area contributed by atoms with E-state index in [1.807, 2.05) is 67.6 Å². The topological polar surface area (TPSA) is 63.7 Å². The Bertz CT molecular complexity index is 1460. The third-order valence-electron chi connectivity index (χ3n) is 8.09. The highest BCUT2D eigenvalue weighted by molar-refractivity contribution is 7.89. The molecule has 6 heteroatoms. The molecule has 1 fully saturated rings. The smallest absolute Gasteiger partial charge is 0.339 e. The Morgan fingerprint density at radius 3 is 2.18 bits per heavy atom. The minimum atomic E-state index is -3.72. The summed E-state index contributed by atoms with van der Waals surface area (Å²) < 4.78 is 36.3. The number of carbonyl (C=O) groups excluding carboxylic acids is 1. The van der Waals surface area contributed by atoms with Gasteiger partial charge in [-0.2, -0.15) is 4.31 Å². The number of carbonyl (C=O) groups is 1. The van der Waals surface area contributed by atoms with Crippen molar-refractivity contribution in [3.05, 3.63) is 113 Å². The van der Waals surface area contributed by atoms with Gasteiger partial charge < -0.3 is 4.74 Å². The molecule has 2 aliphatic rings. The van der Waals surface area contributed by atoms with E-state index >= 15 is 0 Å². The Kier molecular flexibility index (Phi) is 7.53. The van der Waals surface area contributed by atoms with E-state index in [-0.39, 0.29) is 23.8 Å². The van der Waals surface area contributed by atoms with E-state index in [0.717, 1.165) is 22.3 Å². The van der Waals surface area contributed by atoms with Gasteiger partial charge in [0.15, 0.2) is 5.60 Å². The Labute approximate surface area is 232 Å². The molecule has 3 atom stereocenters. The molecule has 0 radical (unpaired) electrons. The number of sulfonamides is 1. The number of rotatable bonds is 8. The van der Waals surface area contributed by atoms with Crippen LogP contribution in [0.15, 0.2) is 101 Å². The molecular formula is C33H37NO4S. The van der Waals surface area contributed by atoms with Gasteiger partial charge in [0, 0.05) is 24.9 Å². The minimum absolute atomic E-state index is 0.0210. The first-order valence-electron chi connectivity index (χ1n) is 13.8. The van der Waals surface area contributed by atoms with Crippen LogP contribution in [-0.4, -0.2) is 31.3 Å². The van der Waals surface area contributed by atoms with Crippen molar-refractivity contribution in [3.8, 4) is 0 Å². The van der Waals surface area contributed by atoms with E-state index in [1.54, 1.807) is 28.6 Å².